The van der Waals surface area contributed by atoms with Crippen LogP contribution in [0.2, 0.25) is 0 Å². The topological polar surface area (TPSA) is 52.6 Å². The fourth-order valence-electron chi connectivity index (χ4n) is 1.01. The van der Waals surface area contributed by atoms with E-state index in [4.69, 9.17) is 5.11 Å². The summed E-state index contributed by atoms with van der Waals surface area (Å²) in [6.07, 6.45) is 0. The van der Waals surface area contributed by atoms with Crippen LogP contribution in [0.15, 0.2) is 24.3 Å². The normalized spacial score (nSPS) is 9.64. The van der Waals surface area contributed by atoms with Gasteiger partial charge in [0.05, 0.1) is 6.61 Å². The van der Waals surface area contributed by atoms with Crippen molar-refractivity contribution in [3.63, 3.8) is 0 Å². The Morgan fingerprint density at radius 3 is 2.64 bits per heavy atom. The van der Waals surface area contributed by atoms with Gasteiger partial charge in [-0.3, -0.25) is 0 Å². The predicted molar refractivity (Wildman–Crippen MR) is 55.1 cm³/mol. The van der Waals surface area contributed by atoms with E-state index < -0.39 is 0 Å². The van der Waals surface area contributed by atoms with E-state index in [1.807, 2.05) is 12.1 Å². The fraction of sp³-hybridized carbons (Fsp3) is 0.300. The molecule has 0 aromatic heterocycles. The summed E-state index contributed by atoms with van der Waals surface area (Å²) in [4.78, 5) is 12.8. The van der Waals surface area contributed by atoms with E-state index in [1.54, 1.807) is 26.2 Å². The lowest BCUT2D eigenvalue weighted by Gasteiger charge is -2.13. The van der Waals surface area contributed by atoms with Crippen molar-refractivity contribution in [2.75, 3.05) is 19.4 Å². The molecule has 0 fully saturated rings. The third kappa shape index (κ3) is 2.47. The van der Waals surface area contributed by atoms with Gasteiger partial charge >= 0.3 is 6.03 Å². The van der Waals surface area contributed by atoms with Gasteiger partial charge in [-0.1, -0.05) is 18.2 Å². The van der Waals surface area contributed by atoms with Gasteiger partial charge in [0.25, 0.3) is 0 Å². The highest BCUT2D eigenvalue weighted by molar-refractivity contribution is 5.89. The lowest BCUT2D eigenvalue weighted by molar-refractivity contribution is 0.230. The molecule has 0 saturated heterocycles. The minimum absolute atomic E-state index is 0.0795. The smallest absolute Gasteiger partial charge is 0.321 e. The molecule has 2 N–H and O–H groups in total. The van der Waals surface area contributed by atoms with Crippen molar-refractivity contribution in [1.29, 1.82) is 0 Å². The number of carbonyl (C=O) groups excluding carboxylic acids is 1. The Labute approximate surface area is 83.2 Å². The first kappa shape index (κ1) is 10.5. The second-order valence-electron chi connectivity index (χ2n) is 3.14. The van der Waals surface area contributed by atoms with Crippen LogP contribution in [-0.4, -0.2) is 30.1 Å². The predicted octanol–water partition coefficient (Wildman–Crippen LogP) is 1.27. The lowest BCUT2D eigenvalue weighted by atomic mass is 10.2. The zero-order chi connectivity index (χ0) is 10.6. The van der Waals surface area contributed by atoms with Crippen molar-refractivity contribution in [3.8, 4) is 0 Å². The van der Waals surface area contributed by atoms with E-state index in [9.17, 15) is 4.79 Å². The molecule has 0 atom stereocenters. The maximum absolute atomic E-state index is 11.3. The fourth-order valence-corrected chi connectivity index (χ4v) is 1.01. The number of nitrogens with zero attached hydrogens (tertiary/aromatic N) is 1. The van der Waals surface area contributed by atoms with Crippen LogP contribution in [0.5, 0.6) is 0 Å². The van der Waals surface area contributed by atoms with Crippen LogP contribution in [0.3, 0.4) is 0 Å². The molecule has 1 aromatic rings. The molecule has 14 heavy (non-hydrogen) atoms. The maximum atomic E-state index is 11.3. The molecule has 0 aliphatic heterocycles. The number of hydrogen-bond acceptors (Lipinski definition) is 2. The van der Waals surface area contributed by atoms with E-state index >= 15 is 0 Å². The SMILES string of the molecule is CN(C)C(=O)Nc1ccccc1CO. The molecule has 4 nitrogen and oxygen atoms in total. The number of urea groups is 1. The lowest BCUT2D eigenvalue weighted by Crippen LogP contribution is -2.27. The molecule has 1 rings (SSSR count). The van der Waals surface area contributed by atoms with Crippen molar-refractivity contribution in [2.45, 2.75) is 6.61 Å². The quantitative estimate of drug-likeness (QED) is 0.745. The molecule has 76 valence electrons. The number of aliphatic hydroxyl groups excluding tert-OH is 1. The first-order valence-electron chi connectivity index (χ1n) is 4.32. The monoisotopic (exact) mass is 194 g/mol. The van der Waals surface area contributed by atoms with Crippen molar-refractivity contribution in [1.82, 2.24) is 4.90 Å². The summed E-state index contributed by atoms with van der Waals surface area (Å²) in [7, 11) is 3.33. The van der Waals surface area contributed by atoms with E-state index in [2.05, 4.69) is 5.32 Å². The molecular weight excluding hydrogens is 180 g/mol. The summed E-state index contributed by atoms with van der Waals surface area (Å²) in [6, 6.07) is 6.95. The third-order valence-corrected chi connectivity index (χ3v) is 1.84. The minimum atomic E-state index is -0.203. The Morgan fingerprint density at radius 1 is 1.43 bits per heavy atom. The van der Waals surface area contributed by atoms with Crippen LogP contribution in [0.25, 0.3) is 0 Å². The molecule has 0 unspecified atom stereocenters. The number of amides is 2. The van der Waals surface area contributed by atoms with E-state index in [0.717, 1.165) is 0 Å². The molecule has 0 bridgehead atoms. The second kappa shape index (κ2) is 4.62. The highest BCUT2D eigenvalue weighted by atomic mass is 16.3. The molecule has 0 heterocycles. The van der Waals surface area contributed by atoms with Gasteiger partial charge in [-0.2, -0.15) is 0 Å². The number of nitrogens with one attached hydrogen (secondary N) is 1. The van der Waals surface area contributed by atoms with Gasteiger partial charge in [-0.15, -0.1) is 0 Å². The molecule has 0 aliphatic rings. The largest absolute Gasteiger partial charge is 0.392 e. The van der Waals surface area contributed by atoms with Crippen LogP contribution < -0.4 is 5.32 Å². The van der Waals surface area contributed by atoms with Gasteiger partial charge in [0.1, 0.15) is 0 Å². The molecule has 1 aromatic carbocycles. The summed E-state index contributed by atoms with van der Waals surface area (Å²) in [5.41, 5.74) is 1.36. The summed E-state index contributed by atoms with van der Waals surface area (Å²) < 4.78 is 0. The van der Waals surface area contributed by atoms with Crippen LogP contribution >= 0.6 is 0 Å². The molecule has 0 saturated carbocycles. The van der Waals surface area contributed by atoms with Gasteiger partial charge in [0.2, 0.25) is 0 Å². The van der Waals surface area contributed by atoms with E-state index in [-0.39, 0.29) is 12.6 Å². The number of para-hydroxylation sites is 1. The zero-order valence-corrected chi connectivity index (χ0v) is 8.32. The average Bonchev–Trinajstić information content (AvgIpc) is 2.18. The van der Waals surface area contributed by atoms with Crippen LogP contribution in [0, 0.1) is 0 Å². The van der Waals surface area contributed by atoms with E-state index in [1.165, 1.54) is 4.90 Å². The Balaban J connectivity index is 2.80. The first-order chi connectivity index (χ1) is 6.65. The van der Waals surface area contributed by atoms with Gasteiger partial charge < -0.3 is 15.3 Å². The van der Waals surface area contributed by atoms with Crippen molar-refractivity contribution in [3.05, 3.63) is 29.8 Å². The number of aliphatic hydroxyl groups is 1. The average molecular weight is 194 g/mol. The summed E-state index contributed by atoms with van der Waals surface area (Å²) in [6.45, 7) is -0.0795. The molecule has 0 aliphatic carbocycles. The minimum Gasteiger partial charge on any atom is -0.392 e. The maximum Gasteiger partial charge on any atom is 0.321 e. The standard InChI is InChI=1S/C10H14N2O2/c1-12(2)10(14)11-9-6-4-3-5-8(9)7-13/h3-6,13H,7H2,1-2H3,(H,11,14). The molecule has 4 heteroatoms. The number of hydrogen-bond donors (Lipinski definition) is 2. The van der Waals surface area contributed by atoms with Crippen molar-refractivity contribution < 1.29 is 9.90 Å². The number of rotatable bonds is 2. The Hall–Kier alpha value is -1.55. The van der Waals surface area contributed by atoms with Crippen LogP contribution in [0.4, 0.5) is 10.5 Å². The summed E-state index contributed by atoms with van der Waals surface area (Å²) in [5.74, 6) is 0. The number of anilines is 1. The summed E-state index contributed by atoms with van der Waals surface area (Å²) in [5, 5.41) is 11.7. The first-order valence-corrected chi connectivity index (χ1v) is 4.32. The third-order valence-electron chi connectivity index (χ3n) is 1.84. The Kier molecular flexibility index (Phi) is 3.48. The second-order valence-corrected chi connectivity index (χ2v) is 3.14. The Bertz CT molecular complexity index is 324. The van der Waals surface area contributed by atoms with Gasteiger partial charge in [-0.05, 0) is 6.07 Å². The highest BCUT2D eigenvalue weighted by Crippen LogP contribution is 2.14. The summed E-state index contributed by atoms with van der Waals surface area (Å²) >= 11 is 0. The highest BCUT2D eigenvalue weighted by Gasteiger charge is 2.06. The van der Waals surface area contributed by atoms with Gasteiger partial charge in [0.15, 0.2) is 0 Å². The molecule has 2 amide bonds. The van der Waals surface area contributed by atoms with Crippen molar-refractivity contribution >= 4 is 11.7 Å². The molecule has 0 radical (unpaired) electrons. The molecule has 0 spiro atoms. The zero-order valence-electron chi connectivity index (χ0n) is 8.32. The molecular formula is C10H14N2O2. The van der Waals surface area contributed by atoms with Crippen LogP contribution in [-0.2, 0) is 6.61 Å². The van der Waals surface area contributed by atoms with Crippen LogP contribution in [0.1, 0.15) is 5.56 Å². The van der Waals surface area contributed by atoms with Gasteiger partial charge in [0, 0.05) is 25.3 Å². The van der Waals surface area contributed by atoms with E-state index in [0.29, 0.717) is 11.3 Å². The van der Waals surface area contributed by atoms with Crippen molar-refractivity contribution in [2.24, 2.45) is 0 Å². The van der Waals surface area contributed by atoms with Gasteiger partial charge in [-0.25, -0.2) is 4.79 Å². The Morgan fingerprint density at radius 2 is 2.07 bits per heavy atom. The number of carbonyl (C=O) groups is 1. The number of benzene rings is 1.